The lowest BCUT2D eigenvalue weighted by Gasteiger charge is -2.23. The van der Waals surface area contributed by atoms with Crippen molar-refractivity contribution < 1.29 is 22.8 Å². The Morgan fingerprint density at radius 1 is 1.21 bits per heavy atom. The van der Waals surface area contributed by atoms with Gasteiger partial charge in [0.2, 0.25) is 11.8 Å². The Labute approximate surface area is 169 Å². The summed E-state index contributed by atoms with van der Waals surface area (Å²) in [4.78, 5) is 28.2. The highest BCUT2D eigenvalue weighted by atomic mass is 79.9. The first-order chi connectivity index (χ1) is 13.2. The molecule has 1 heterocycles. The SMILES string of the molecule is CN(Cc1ccccc1C(F)(F)F)C(=O)C1CCN(c2cccc(Br)c2)C1=O. The van der Waals surface area contributed by atoms with Crippen LogP contribution in [0.25, 0.3) is 0 Å². The fraction of sp³-hybridized carbons (Fsp3) is 0.300. The molecule has 0 radical (unpaired) electrons. The highest BCUT2D eigenvalue weighted by molar-refractivity contribution is 9.10. The molecule has 148 valence electrons. The maximum absolute atomic E-state index is 13.2. The molecule has 28 heavy (non-hydrogen) atoms. The molecule has 4 nitrogen and oxygen atoms in total. The molecule has 1 saturated heterocycles. The Morgan fingerprint density at radius 3 is 2.61 bits per heavy atom. The van der Waals surface area contributed by atoms with E-state index < -0.39 is 23.6 Å². The zero-order valence-electron chi connectivity index (χ0n) is 15.0. The average molecular weight is 455 g/mol. The highest BCUT2D eigenvalue weighted by Crippen LogP contribution is 2.33. The molecule has 2 aromatic carbocycles. The van der Waals surface area contributed by atoms with Gasteiger partial charge in [-0.25, -0.2) is 0 Å². The number of alkyl halides is 3. The van der Waals surface area contributed by atoms with Crippen LogP contribution in [0.4, 0.5) is 18.9 Å². The van der Waals surface area contributed by atoms with Gasteiger partial charge in [-0.3, -0.25) is 9.59 Å². The molecule has 0 spiro atoms. The second kappa shape index (κ2) is 7.95. The zero-order chi connectivity index (χ0) is 20.5. The third-order valence-corrected chi connectivity index (χ3v) is 5.22. The minimum absolute atomic E-state index is 0.000131. The van der Waals surface area contributed by atoms with Crippen molar-refractivity contribution in [3.8, 4) is 0 Å². The fourth-order valence-electron chi connectivity index (χ4n) is 3.34. The van der Waals surface area contributed by atoms with E-state index in [2.05, 4.69) is 15.9 Å². The van der Waals surface area contributed by atoms with Crippen molar-refractivity contribution in [2.24, 2.45) is 5.92 Å². The van der Waals surface area contributed by atoms with E-state index in [0.29, 0.717) is 18.7 Å². The molecule has 8 heteroatoms. The van der Waals surface area contributed by atoms with Gasteiger partial charge in [0.25, 0.3) is 0 Å². The maximum Gasteiger partial charge on any atom is 0.416 e. The van der Waals surface area contributed by atoms with E-state index in [-0.39, 0.29) is 18.0 Å². The largest absolute Gasteiger partial charge is 0.416 e. The van der Waals surface area contributed by atoms with Crippen LogP contribution >= 0.6 is 15.9 Å². The van der Waals surface area contributed by atoms with Crippen LogP contribution in [-0.4, -0.2) is 30.3 Å². The first kappa shape index (κ1) is 20.4. The second-order valence-corrected chi connectivity index (χ2v) is 7.58. The van der Waals surface area contributed by atoms with E-state index in [1.807, 2.05) is 6.07 Å². The van der Waals surface area contributed by atoms with E-state index >= 15 is 0 Å². The van der Waals surface area contributed by atoms with Gasteiger partial charge in [0.1, 0.15) is 5.92 Å². The molecule has 3 rings (SSSR count). The Hall–Kier alpha value is -2.35. The van der Waals surface area contributed by atoms with E-state index in [1.54, 1.807) is 18.2 Å². The number of benzene rings is 2. The molecule has 0 N–H and O–H groups in total. The van der Waals surface area contributed by atoms with Crippen molar-refractivity contribution in [2.45, 2.75) is 19.1 Å². The van der Waals surface area contributed by atoms with Crippen molar-refractivity contribution in [2.75, 3.05) is 18.5 Å². The first-order valence-corrected chi connectivity index (χ1v) is 9.45. The fourth-order valence-corrected chi connectivity index (χ4v) is 3.73. The van der Waals surface area contributed by atoms with Gasteiger partial charge in [-0.2, -0.15) is 13.2 Å². The van der Waals surface area contributed by atoms with Gasteiger partial charge in [-0.1, -0.05) is 40.2 Å². The number of carbonyl (C=O) groups is 2. The van der Waals surface area contributed by atoms with Crippen LogP contribution in [0.15, 0.2) is 53.0 Å². The van der Waals surface area contributed by atoms with Crippen LogP contribution in [0.2, 0.25) is 0 Å². The van der Waals surface area contributed by atoms with Crippen LogP contribution in [0.5, 0.6) is 0 Å². The summed E-state index contributed by atoms with van der Waals surface area (Å²) in [5, 5.41) is 0. The maximum atomic E-state index is 13.2. The lowest BCUT2D eigenvalue weighted by Crippen LogP contribution is -2.38. The average Bonchev–Trinajstić information content (AvgIpc) is 3.02. The predicted molar refractivity (Wildman–Crippen MR) is 103 cm³/mol. The molecule has 1 aliphatic heterocycles. The summed E-state index contributed by atoms with van der Waals surface area (Å²) >= 11 is 3.35. The molecule has 1 aliphatic rings. The normalized spacial score (nSPS) is 17.1. The van der Waals surface area contributed by atoms with Gasteiger partial charge in [-0.05, 0) is 36.2 Å². The van der Waals surface area contributed by atoms with Crippen molar-refractivity contribution in [3.63, 3.8) is 0 Å². The summed E-state index contributed by atoms with van der Waals surface area (Å²) in [6.07, 6.45) is -4.17. The molecule has 2 amide bonds. The van der Waals surface area contributed by atoms with Crippen molar-refractivity contribution in [1.82, 2.24) is 4.90 Å². The molecule has 0 bridgehead atoms. The van der Waals surface area contributed by atoms with Crippen molar-refractivity contribution in [3.05, 3.63) is 64.1 Å². The van der Waals surface area contributed by atoms with Gasteiger partial charge in [0.15, 0.2) is 0 Å². The molecule has 1 atom stereocenters. The van der Waals surface area contributed by atoms with E-state index in [4.69, 9.17) is 0 Å². The van der Waals surface area contributed by atoms with Gasteiger partial charge in [0, 0.05) is 30.3 Å². The molecular formula is C20H18BrF3N2O2. The number of anilines is 1. The molecule has 0 aliphatic carbocycles. The molecule has 0 saturated carbocycles. The Kier molecular flexibility index (Phi) is 5.79. The Morgan fingerprint density at radius 2 is 1.93 bits per heavy atom. The lowest BCUT2D eigenvalue weighted by molar-refractivity contribution is -0.142. The summed E-state index contributed by atoms with van der Waals surface area (Å²) in [6.45, 7) is 0.174. The number of hydrogen-bond donors (Lipinski definition) is 0. The lowest BCUT2D eigenvalue weighted by atomic mass is 10.0. The monoisotopic (exact) mass is 454 g/mol. The van der Waals surface area contributed by atoms with Gasteiger partial charge in [-0.15, -0.1) is 0 Å². The number of hydrogen-bond acceptors (Lipinski definition) is 2. The summed E-state index contributed by atoms with van der Waals surface area (Å²) in [6, 6.07) is 12.3. The predicted octanol–water partition coefficient (Wildman–Crippen LogP) is 4.48. The molecular weight excluding hydrogens is 437 g/mol. The standard InChI is InChI=1S/C20H18BrF3N2O2/c1-25(12-13-5-2-3-8-17(13)20(22,23)24)18(27)16-9-10-26(19(16)28)15-7-4-6-14(21)11-15/h2-8,11,16H,9-10,12H2,1H3. The molecule has 1 unspecified atom stereocenters. The highest BCUT2D eigenvalue weighted by Gasteiger charge is 2.39. The van der Waals surface area contributed by atoms with Crippen LogP contribution in [0.1, 0.15) is 17.5 Å². The smallest absolute Gasteiger partial charge is 0.341 e. The number of nitrogens with zero attached hydrogens (tertiary/aromatic N) is 2. The van der Waals surface area contributed by atoms with E-state index in [0.717, 1.165) is 10.5 Å². The van der Waals surface area contributed by atoms with E-state index in [1.165, 1.54) is 35.0 Å². The number of halogens is 4. The Bertz CT molecular complexity index is 901. The van der Waals surface area contributed by atoms with Crippen molar-refractivity contribution in [1.29, 1.82) is 0 Å². The van der Waals surface area contributed by atoms with Crippen LogP contribution in [0.3, 0.4) is 0 Å². The summed E-state index contributed by atoms with van der Waals surface area (Å²) in [5.74, 6) is -1.69. The first-order valence-electron chi connectivity index (χ1n) is 8.65. The number of rotatable bonds is 4. The van der Waals surface area contributed by atoms with E-state index in [9.17, 15) is 22.8 Å². The summed E-state index contributed by atoms with van der Waals surface area (Å²) < 4.78 is 40.3. The Balaban J connectivity index is 1.74. The van der Waals surface area contributed by atoms with Gasteiger partial charge >= 0.3 is 6.18 Å². The quantitative estimate of drug-likeness (QED) is 0.639. The molecule has 2 aromatic rings. The minimum atomic E-state index is -4.50. The van der Waals surface area contributed by atoms with Gasteiger partial charge in [0.05, 0.1) is 5.56 Å². The van der Waals surface area contributed by atoms with Gasteiger partial charge < -0.3 is 9.80 Å². The summed E-state index contributed by atoms with van der Waals surface area (Å²) in [7, 11) is 1.42. The minimum Gasteiger partial charge on any atom is -0.341 e. The van der Waals surface area contributed by atoms with Crippen LogP contribution in [0, 0.1) is 5.92 Å². The second-order valence-electron chi connectivity index (χ2n) is 6.66. The third-order valence-electron chi connectivity index (χ3n) is 4.73. The zero-order valence-corrected chi connectivity index (χ0v) is 16.6. The molecule has 0 aromatic heterocycles. The summed E-state index contributed by atoms with van der Waals surface area (Å²) in [5.41, 5.74) is -0.0944. The number of amides is 2. The van der Waals surface area contributed by atoms with Crippen molar-refractivity contribution >= 4 is 33.4 Å². The third kappa shape index (κ3) is 4.22. The van der Waals surface area contributed by atoms with Crippen LogP contribution < -0.4 is 4.90 Å². The topological polar surface area (TPSA) is 40.6 Å². The van der Waals surface area contributed by atoms with Crippen LogP contribution in [-0.2, 0) is 22.3 Å². The number of carbonyl (C=O) groups excluding carboxylic acids is 2. The molecule has 1 fully saturated rings.